The average molecular weight is 1150 g/mol. The number of alkyl halides is 10. The summed E-state index contributed by atoms with van der Waals surface area (Å²) >= 11 is 6.37. The number of nitrogens with one attached hydrogen (secondary N) is 2. The number of aromatic nitrogens is 3. The number of carbonyl (C=O) groups is 3. The zero-order chi connectivity index (χ0) is 52.8. The summed E-state index contributed by atoms with van der Waals surface area (Å²) in [5.74, 6) is -3.93. The number of carboxylic acid groups (broad SMARTS) is 1. The predicted octanol–water partition coefficient (Wildman–Crippen LogP) is 10.8. The number of hydrogen-bond donors (Lipinski definition) is 5. The topological polar surface area (TPSA) is 186 Å². The molecule has 6 aromatic rings. The number of benzene rings is 3. The quantitative estimate of drug-likeness (QED) is 0.0428. The van der Waals surface area contributed by atoms with Crippen molar-refractivity contribution in [3.63, 3.8) is 0 Å². The van der Waals surface area contributed by atoms with Gasteiger partial charge < -0.3 is 28.6 Å². The van der Waals surface area contributed by atoms with Crippen molar-refractivity contribution in [1.82, 2.24) is 15.0 Å². The Kier molecular flexibility index (Phi) is 25.9. The van der Waals surface area contributed by atoms with Crippen LogP contribution in [0.2, 0.25) is 0 Å². The molecule has 11 nitrogen and oxygen atoms in total. The number of thiazole rings is 3. The monoisotopic (exact) mass is 1150 g/mol. The van der Waals surface area contributed by atoms with E-state index in [0.29, 0.717) is 52.2 Å². The first-order chi connectivity index (χ1) is 31.9. The Labute approximate surface area is 456 Å². The van der Waals surface area contributed by atoms with Crippen LogP contribution in [0.1, 0.15) is 115 Å². The number of nitrogens with zero attached hydrogens (tertiary/aromatic N) is 3. The molecule has 0 fully saturated rings. The number of aromatic carboxylic acids is 1. The molecular formula is C42H41BrF12KN7O4S3. The maximum atomic E-state index is 13.2. The van der Waals surface area contributed by atoms with Crippen LogP contribution in [0.15, 0.2) is 73.2 Å². The number of hydrogen-bond acceptors (Lipinski definition) is 11. The van der Waals surface area contributed by atoms with Gasteiger partial charge in [0.2, 0.25) is 0 Å². The average Bonchev–Trinajstić information content (AvgIpc) is 4.06. The molecular weight excluding hydrogens is 1110 g/mol. The summed E-state index contributed by atoms with van der Waals surface area (Å²) in [6, 6.07) is 6.54. The molecule has 0 saturated carbocycles. The van der Waals surface area contributed by atoms with Gasteiger partial charge in [-0.2, -0.15) is 39.5 Å². The fraction of sp³-hybridized carbons (Fsp3) is 0.286. The first-order valence-corrected chi connectivity index (χ1v) is 23.1. The molecule has 3 aromatic carbocycles. The Bertz CT molecular complexity index is 2550. The van der Waals surface area contributed by atoms with E-state index in [2.05, 4.69) is 41.5 Å². The van der Waals surface area contributed by atoms with Gasteiger partial charge in [0, 0.05) is 28.9 Å². The molecule has 7 N–H and O–H groups in total. The molecule has 378 valence electrons. The molecule has 0 aliphatic rings. The van der Waals surface area contributed by atoms with E-state index in [1.807, 2.05) is 33.5 Å². The molecule has 1 atom stereocenters. The van der Waals surface area contributed by atoms with Gasteiger partial charge in [0.05, 0.1) is 51.3 Å². The van der Waals surface area contributed by atoms with Crippen LogP contribution in [-0.2, 0) is 18.5 Å². The third kappa shape index (κ3) is 20.2. The van der Waals surface area contributed by atoms with Crippen molar-refractivity contribution in [3.05, 3.63) is 137 Å². The first kappa shape index (κ1) is 64.0. The van der Waals surface area contributed by atoms with Gasteiger partial charge in [-0.15, -0.1) is 34.0 Å². The SMILES string of the molecule is CBr.CC(C)c1ncc(C(=O)Nc2ccc(F)c(C(F)(F)F)c2)s1.CC(C)c1ncc(C(=O)O)s1.CC(N)c1ncc(C(=O)Nc2ccc(F)c(C(F)(F)F)c2)s1.Nc1ccc(F)c(C(F)(F)F)c1.[H-].[K+]. The molecule has 28 heteroatoms. The zero-order valence-electron chi connectivity index (χ0n) is 38.5. The van der Waals surface area contributed by atoms with Crippen LogP contribution in [0.4, 0.5) is 69.7 Å². The van der Waals surface area contributed by atoms with E-state index in [1.54, 1.807) is 6.92 Å². The van der Waals surface area contributed by atoms with Gasteiger partial charge in [-0.1, -0.05) is 43.6 Å². The third-order valence-electron chi connectivity index (χ3n) is 7.96. The van der Waals surface area contributed by atoms with Crippen LogP contribution in [0.3, 0.4) is 0 Å². The Balaban J connectivity index is 0.000000938. The van der Waals surface area contributed by atoms with Crippen LogP contribution < -0.4 is 73.5 Å². The van der Waals surface area contributed by atoms with Crippen LogP contribution >= 0.6 is 49.9 Å². The summed E-state index contributed by atoms with van der Waals surface area (Å²) in [5, 5.41) is 15.3. The standard InChI is InChI=1S/C14H12F4N2OS.C13H11F4N3OS.C7H5F4N.C7H9NO2S.CH3Br.K.H/c1-7(2)13-19-6-11(22-13)12(21)20-8-3-4-10(15)9(5-8)14(16,17)18;1-6(18)12-19-5-10(22-12)11(21)20-7-2-3-9(14)8(4-7)13(15,16)17;8-6-2-1-4(12)3-5(6)7(9,10)11;1-4(2)6-8-3-5(11-6)7(9)10;1-2;;/h3-7H,1-2H3,(H,20,21);2-6H,18H2,1H3,(H,20,21);1-3H,12H2;3-4H,1-2H3,(H,9,10);1H3;;/q;;;;;+1;-1. The second kappa shape index (κ2) is 28.3. The summed E-state index contributed by atoms with van der Waals surface area (Å²) in [7, 11) is 0. The molecule has 0 spiro atoms. The largest absolute Gasteiger partial charge is 1.00 e. The summed E-state index contributed by atoms with van der Waals surface area (Å²) in [5.41, 5.74) is 6.09. The molecule has 0 aliphatic heterocycles. The number of halogens is 13. The predicted molar refractivity (Wildman–Crippen MR) is 245 cm³/mol. The van der Waals surface area contributed by atoms with Crippen LogP contribution in [0, 0.1) is 17.5 Å². The molecule has 2 amide bonds. The van der Waals surface area contributed by atoms with Crippen molar-refractivity contribution < 1.29 is 125 Å². The van der Waals surface area contributed by atoms with Gasteiger partial charge in [-0.25, -0.2) is 32.9 Å². The van der Waals surface area contributed by atoms with E-state index in [4.69, 9.17) is 16.6 Å². The van der Waals surface area contributed by atoms with E-state index in [0.717, 1.165) is 50.9 Å². The molecule has 0 saturated heterocycles. The van der Waals surface area contributed by atoms with Gasteiger partial charge >= 0.3 is 75.9 Å². The second-order valence-corrected chi connectivity index (χ2v) is 17.3. The van der Waals surface area contributed by atoms with Crippen LogP contribution in [-0.4, -0.2) is 43.7 Å². The smallest absolute Gasteiger partial charge is 1.00 e. The Morgan fingerprint density at radius 2 is 0.900 bits per heavy atom. The molecule has 70 heavy (non-hydrogen) atoms. The van der Waals surface area contributed by atoms with Crippen molar-refractivity contribution in [2.75, 3.05) is 22.2 Å². The van der Waals surface area contributed by atoms with Crippen molar-refractivity contribution in [2.24, 2.45) is 5.73 Å². The maximum absolute atomic E-state index is 13.2. The number of rotatable bonds is 8. The minimum absolute atomic E-state index is 0. The Hall–Kier alpha value is -4.00. The molecule has 3 heterocycles. The van der Waals surface area contributed by atoms with Crippen LogP contribution in [0.25, 0.3) is 0 Å². The molecule has 0 radical (unpaired) electrons. The number of carboxylic acids is 1. The summed E-state index contributed by atoms with van der Waals surface area (Å²) in [4.78, 5) is 47.1. The summed E-state index contributed by atoms with van der Waals surface area (Å²) < 4.78 is 150. The molecule has 0 aliphatic carbocycles. The minimum Gasteiger partial charge on any atom is -1.00 e. The molecule has 3 aromatic heterocycles. The molecule has 1 unspecified atom stereocenters. The number of carbonyl (C=O) groups excluding carboxylic acids is 2. The Morgan fingerprint density at radius 1 is 0.586 bits per heavy atom. The van der Waals surface area contributed by atoms with Crippen LogP contribution in [0.5, 0.6) is 0 Å². The first-order valence-electron chi connectivity index (χ1n) is 19.1. The number of anilines is 3. The fourth-order valence-corrected chi connectivity index (χ4v) is 7.04. The summed E-state index contributed by atoms with van der Waals surface area (Å²) in [6.45, 7) is 9.50. The number of amides is 2. The van der Waals surface area contributed by atoms with Crippen molar-refractivity contribution in [3.8, 4) is 0 Å². The molecule has 0 bridgehead atoms. The van der Waals surface area contributed by atoms with Crippen molar-refractivity contribution in [2.45, 2.75) is 71.0 Å². The normalized spacial score (nSPS) is 11.5. The van der Waals surface area contributed by atoms with E-state index in [-0.39, 0.29) is 91.6 Å². The van der Waals surface area contributed by atoms with E-state index in [1.165, 1.54) is 29.9 Å². The van der Waals surface area contributed by atoms with Gasteiger partial charge in [-0.3, -0.25) is 9.59 Å². The van der Waals surface area contributed by atoms with Crippen molar-refractivity contribution >= 4 is 84.8 Å². The van der Waals surface area contributed by atoms with E-state index < -0.39 is 70.5 Å². The minimum atomic E-state index is -4.84. The summed E-state index contributed by atoms with van der Waals surface area (Å²) in [6.07, 6.45) is -10.3. The Morgan fingerprint density at radius 3 is 1.19 bits per heavy atom. The van der Waals surface area contributed by atoms with Gasteiger partial charge in [0.15, 0.2) is 0 Å². The van der Waals surface area contributed by atoms with E-state index >= 15 is 0 Å². The second-order valence-electron chi connectivity index (χ2n) is 14.1. The maximum Gasteiger partial charge on any atom is 1.00 e. The van der Waals surface area contributed by atoms with Crippen molar-refractivity contribution in [1.29, 1.82) is 0 Å². The zero-order valence-corrected chi connectivity index (χ0v) is 44.6. The number of nitrogens with two attached hydrogens (primary N) is 2. The fourth-order valence-electron chi connectivity index (χ4n) is 4.70. The van der Waals surface area contributed by atoms with Gasteiger partial charge in [0.25, 0.3) is 11.8 Å². The van der Waals surface area contributed by atoms with E-state index in [9.17, 15) is 67.1 Å². The number of nitrogen functional groups attached to an aromatic ring is 1. The van der Waals surface area contributed by atoms with Gasteiger partial charge in [0.1, 0.15) is 37.1 Å². The molecule has 6 rings (SSSR count). The van der Waals surface area contributed by atoms with Gasteiger partial charge in [-0.05, 0) is 67.4 Å². The third-order valence-corrected chi connectivity index (χ3v) is 11.7.